The van der Waals surface area contributed by atoms with Gasteiger partial charge in [0.25, 0.3) is 5.95 Å². The minimum absolute atomic E-state index is 0.173. The number of nitrogens with two attached hydrogens (primary N) is 1. The number of benzene rings is 1. The van der Waals surface area contributed by atoms with Gasteiger partial charge >= 0.3 is 0 Å². The molecule has 0 spiro atoms. The van der Waals surface area contributed by atoms with Crippen molar-refractivity contribution in [3.63, 3.8) is 0 Å². The monoisotopic (exact) mass is 391 g/mol. The average molecular weight is 392 g/mol. The molecule has 1 amide bonds. The van der Waals surface area contributed by atoms with Crippen LogP contribution in [0.4, 0.5) is 5.69 Å². The second kappa shape index (κ2) is 7.38. The largest absolute Gasteiger partial charge is 0.334 e. The molecule has 0 saturated carbocycles. The number of hydrogen-bond acceptors (Lipinski definition) is 6. The highest BCUT2D eigenvalue weighted by atomic mass is 35.5. The Morgan fingerprint density at radius 1 is 1.27 bits per heavy atom. The summed E-state index contributed by atoms with van der Waals surface area (Å²) in [6.45, 7) is 5.57. The number of hydrogen-bond donors (Lipinski definition) is 2. The number of carbonyl (C=O) groups is 1. The van der Waals surface area contributed by atoms with Crippen LogP contribution < -0.4 is 11.2 Å². The van der Waals surface area contributed by atoms with E-state index in [4.69, 9.17) is 17.4 Å². The van der Waals surface area contributed by atoms with E-state index in [2.05, 4.69) is 20.6 Å². The van der Waals surface area contributed by atoms with Crippen LogP contribution in [0.3, 0.4) is 0 Å². The molecule has 26 heavy (non-hydrogen) atoms. The van der Waals surface area contributed by atoms with E-state index in [1.807, 2.05) is 19.9 Å². The van der Waals surface area contributed by atoms with Crippen molar-refractivity contribution >= 4 is 35.0 Å². The number of amides is 1. The maximum absolute atomic E-state index is 12.4. The molecule has 1 aromatic carbocycles. The van der Waals surface area contributed by atoms with E-state index in [1.54, 1.807) is 35.9 Å². The van der Waals surface area contributed by atoms with E-state index in [0.717, 1.165) is 11.4 Å². The van der Waals surface area contributed by atoms with Crippen molar-refractivity contribution in [1.29, 1.82) is 0 Å². The normalized spacial score (nSPS) is 12.2. The number of anilines is 1. The number of carbonyl (C=O) groups excluding carboxylic acids is 1. The molecule has 0 fully saturated rings. The lowest BCUT2D eigenvalue weighted by molar-refractivity contribution is -0.115. The molecule has 3 N–H and O–H groups in total. The molecule has 3 rings (SSSR count). The van der Waals surface area contributed by atoms with Gasteiger partial charge < -0.3 is 11.2 Å². The summed E-state index contributed by atoms with van der Waals surface area (Å²) < 4.78 is 2.95. The van der Waals surface area contributed by atoms with Gasteiger partial charge in [-0.1, -0.05) is 23.4 Å². The number of rotatable bonds is 5. The smallest absolute Gasteiger partial charge is 0.271 e. The summed E-state index contributed by atoms with van der Waals surface area (Å²) in [4.78, 5) is 12.4. The molecule has 0 aliphatic rings. The molecule has 3 aromatic rings. The molecular weight excluding hydrogens is 374 g/mol. The van der Waals surface area contributed by atoms with Crippen LogP contribution in [-0.4, -0.2) is 35.8 Å². The number of nitrogen functional groups attached to an aromatic ring is 1. The summed E-state index contributed by atoms with van der Waals surface area (Å²) in [5.41, 5.74) is 2.42. The minimum Gasteiger partial charge on any atom is -0.334 e. The fourth-order valence-electron chi connectivity index (χ4n) is 2.31. The van der Waals surface area contributed by atoms with Crippen LogP contribution in [0.5, 0.6) is 0 Å². The number of nitrogens with one attached hydrogen (secondary N) is 1. The Labute approximate surface area is 159 Å². The Hall–Kier alpha value is -2.52. The van der Waals surface area contributed by atoms with Gasteiger partial charge in [0.15, 0.2) is 0 Å². The fourth-order valence-corrected chi connectivity index (χ4v) is 3.21. The van der Waals surface area contributed by atoms with E-state index in [1.165, 1.54) is 16.4 Å². The Bertz CT molecular complexity index is 935. The minimum atomic E-state index is -0.425. The molecule has 0 saturated heterocycles. The third-order valence-electron chi connectivity index (χ3n) is 3.61. The van der Waals surface area contributed by atoms with Gasteiger partial charge in [-0.25, -0.2) is 9.36 Å². The highest BCUT2D eigenvalue weighted by Crippen LogP contribution is 2.23. The molecular formula is C16H18ClN7OS. The molecule has 136 valence electrons. The topological polar surface area (TPSA) is 104 Å². The predicted molar refractivity (Wildman–Crippen MR) is 102 cm³/mol. The predicted octanol–water partition coefficient (Wildman–Crippen LogP) is 2.57. The SMILES string of the molecule is Cc1cc(C)n(-c2nnc(SC(C)C(=O)Nc3ccc(Cl)cc3)n2N)n1. The molecule has 0 bridgehead atoms. The van der Waals surface area contributed by atoms with Gasteiger partial charge in [0.1, 0.15) is 0 Å². The Morgan fingerprint density at radius 2 is 1.96 bits per heavy atom. The van der Waals surface area contributed by atoms with Crippen molar-refractivity contribution in [1.82, 2.24) is 24.7 Å². The van der Waals surface area contributed by atoms with Crippen LogP contribution in [0, 0.1) is 13.8 Å². The summed E-state index contributed by atoms with van der Waals surface area (Å²) in [6.07, 6.45) is 0. The molecule has 2 heterocycles. The zero-order valence-corrected chi connectivity index (χ0v) is 16.0. The number of nitrogens with zero attached hydrogens (tertiary/aromatic N) is 5. The van der Waals surface area contributed by atoms with Gasteiger partial charge in [0, 0.05) is 16.4 Å². The van der Waals surface area contributed by atoms with Crippen LogP contribution in [0.25, 0.3) is 5.95 Å². The van der Waals surface area contributed by atoms with Gasteiger partial charge in [0.2, 0.25) is 11.1 Å². The van der Waals surface area contributed by atoms with Gasteiger partial charge in [-0.3, -0.25) is 4.79 Å². The van der Waals surface area contributed by atoms with E-state index in [9.17, 15) is 4.79 Å². The first-order chi connectivity index (χ1) is 12.3. The molecule has 10 heteroatoms. The van der Waals surface area contributed by atoms with Crippen molar-refractivity contribution in [3.05, 3.63) is 46.7 Å². The van der Waals surface area contributed by atoms with Crippen molar-refractivity contribution < 1.29 is 4.79 Å². The Morgan fingerprint density at radius 3 is 2.58 bits per heavy atom. The van der Waals surface area contributed by atoms with Crippen molar-refractivity contribution in [2.75, 3.05) is 11.2 Å². The van der Waals surface area contributed by atoms with Crippen LogP contribution in [0.15, 0.2) is 35.5 Å². The first-order valence-corrected chi connectivity index (χ1v) is 9.08. The lowest BCUT2D eigenvalue weighted by Gasteiger charge is -2.11. The molecule has 0 aliphatic heterocycles. The maximum Gasteiger partial charge on any atom is 0.271 e. The van der Waals surface area contributed by atoms with Crippen LogP contribution in [-0.2, 0) is 4.79 Å². The summed E-state index contributed by atoms with van der Waals surface area (Å²) in [5, 5.41) is 15.9. The molecule has 8 nitrogen and oxygen atoms in total. The van der Waals surface area contributed by atoms with Crippen LogP contribution in [0.2, 0.25) is 5.02 Å². The summed E-state index contributed by atoms with van der Waals surface area (Å²) in [5.74, 6) is 6.31. The second-order valence-corrected chi connectivity index (χ2v) is 7.49. The Balaban J connectivity index is 1.71. The second-order valence-electron chi connectivity index (χ2n) is 5.75. The number of aryl methyl sites for hydroxylation is 2. The first-order valence-electron chi connectivity index (χ1n) is 7.82. The van der Waals surface area contributed by atoms with E-state index in [0.29, 0.717) is 21.8 Å². The number of thioether (sulfide) groups is 1. The molecule has 1 unspecified atom stereocenters. The third kappa shape index (κ3) is 3.83. The number of halogens is 1. The van der Waals surface area contributed by atoms with Gasteiger partial charge in [-0.2, -0.15) is 5.10 Å². The van der Waals surface area contributed by atoms with Gasteiger partial charge in [-0.15, -0.1) is 10.2 Å². The van der Waals surface area contributed by atoms with E-state index >= 15 is 0 Å². The summed E-state index contributed by atoms with van der Waals surface area (Å²) in [6, 6.07) is 8.83. The molecule has 0 aliphatic carbocycles. The summed E-state index contributed by atoms with van der Waals surface area (Å²) >= 11 is 7.06. The molecule has 1 atom stereocenters. The van der Waals surface area contributed by atoms with Crippen LogP contribution >= 0.6 is 23.4 Å². The average Bonchev–Trinajstić information content (AvgIpc) is 3.11. The Kier molecular flexibility index (Phi) is 5.19. The summed E-state index contributed by atoms with van der Waals surface area (Å²) in [7, 11) is 0. The lowest BCUT2D eigenvalue weighted by atomic mass is 10.3. The lowest BCUT2D eigenvalue weighted by Crippen LogP contribution is -2.24. The zero-order chi connectivity index (χ0) is 18.8. The fraction of sp³-hybridized carbons (Fsp3) is 0.250. The zero-order valence-electron chi connectivity index (χ0n) is 14.5. The van der Waals surface area contributed by atoms with Crippen molar-refractivity contribution in [3.8, 4) is 5.95 Å². The standard InChI is InChI=1S/C16H18ClN7OS/c1-9-8-10(2)24(22-9)15-20-21-16(23(15)18)26-11(3)14(25)19-13-6-4-12(17)5-7-13/h4-8,11H,18H2,1-3H3,(H,19,25). The maximum atomic E-state index is 12.4. The van der Waals surface area contributed by atoms with E-state index < -0.39 is 5.25 Å². The third-order valence-corrected chi connectivity index (χ3v) is 4.92. The van der Waals surface area contributed by atoms with Gasteiger partial charge in [-0.05, 0) is 51.1 Å². The number of aromatic nitrogens is 5. The van der Waals surface area contributed by atoms with Crippen molar-refractivity contribution in [2.24, 2.45) is 0 Å². The highest BCUT2D eigenvalue weighted by molar-refractivity contribution is 8.00. The van der Waals surface area contributed by atoms with Crippen molar-refractivity contribution in [2.45, 2.75) is 31.2 Å². The molecule has 2 aromatic heterocycles. The molecule has 0 radical (unpaired) electrons. The quantitative estimate of drug-likeness (QED) is 0.511. The highest BCUT2D eigenvalue weighted by Gasteiger charge is 2.21. The van der Waals surface area contributed by atoms with Gasteiger partial charge in [0.05, 0.1) is 10.9 Å². The first kappa shape index (κ1) is 18.3. The van der Waals surface area contributed by atoms with E-state index in [-0.39, 0.29) is 5.91 Å². The van der Waals surface area contributed by atoms with Crippen LogP contribution in [0.1, 0.15) is 18.3 Å².